The number of methoxy groups -OCH3 is 1. The van der Waals surface area contributed by atoms with E-state index in [0.717, 1.165) is 25.7 Å². The van der Waals surface area contributed by atoms with Crippen LogP contribution in [0.3, 0.4) is 0 Å². The van der Waals surface area contributed by atoms with Gasteiger partial charge in [0.2, 0.25) is 0 Å². The van der Waals surface area contributed by atoms with Gasteiger partial charge in [-0.1, -0.05) is 19.3 Å². The number of ether oxygens (including phenoxy) is 1. The molecule has 104 valence electrons. The minimum Gasteiger partial charge on any atom is -0.385 e. The SMILES string of the molecule is COCCC1(CNC2=NCC(C)N2)CCCCC1. The van der Waals surface area contributed by atoms with Gasteiger partial charge in [0.15, 0.2) is 5.96 Å². The predicted octanol–water partition coefficient (Wildman–Crippen LogP) is 1.91. The topological polar surface area (TPSA) is 45.6 Å². The van der Waals surface area contributed by atoms with Crippen molar-refractivity contribution in [2.24, 2.45) is 10.4 Å². The molecule has 0 aromatic heterocycles. The molecular weight excluding hydrogens is 226 g/mol. The zero-order chi connectivity index (χ0) is 12.8. The maximum absolute atomic E-state index is 5.28. The van der Waals surface area contributed by atoms with Crippen molar-refractivity contribution in [2.45, 2.75) is 51.5 Å². The molecule has 18 heavy (non-hydrogen) atoms. The maximum atomic E-state index is 5.28. The van der Waals surface area contributed by atoms with Gasteiger partial charge in [0, 0.05) is 26.3 Å². The van der Waals surface area contributed by atoms with Crippen LogP contribution in [-0.4, -0.2) is 38.8 Å². The lowest BCUT2D eigenvalue weighted by Crippen LogP contribution is -2.44. The minimum atomic E-state index is 0.421. The van der Waals surface area contributed by atoms with E-state index in [1.165, 1.54) is 38.5 Å². The first-order valence-corrected chi connectivity index (χ1v) is 7.28. The largest absolute Gasteiger partial charge is 0.385 e. The van der Waals surface area contributed by atoms with Crippen LogP contribution >= 0.6 is 0 Å². The number of aliphatic imine (C=N–C) groups is 1. The first-order valence-electron chi connectivity index (χ1n) is 7.28. The lowest BCUT2D eigenvalue weighted by atomic mass is 9.72. The number of hydrogen-bond donors (Lipinski definition) is 2. The molecule has 1 saturated carbocycles. The fraction of sp³-hybridized carbons (Fsp3) is 0.929. The molecule has 1 aliphatic heterocycles. The average molecular weight is 253 g/mol. The minimum absolute atomic E-state index is 0.421. The molecule has 1 fully saturated rings. The van der Waals surface area contributed by atoms with Gasteiger partial charge < -0.3 is 15.4 Å². The van der Waals surface area contributed by atoms with E-state index in [1.54, 1.807) is 7.11 Å². The molecule has 4 nitrogen and oxygen atoms in total. The highest BCUT2D eigenvalue weighted by Gasteiger charge is 2.32. The molecule has 2 rings (SSSR count). The Morgan fingerprint density at radius 1 is 1.39 bits per heavy atom. The van der Waals surface area contributed by atoms with Crippen molar-refractivity contribution in [3.8, 4) is 0 Å². The van der Waals surface area contributed by atoms with Crippen molar-refractivity contribution in [3.63, 3.8) is 0 Å². The van der Waals surface area contributed by atoms with Gasteiger partial charge in [0.25, 0.3) is 0 Å². The Labute approximate surface area is 111 Å². The second kappa shape index (κ2) is 6.41. The molecule has 0 aromatic carbocycles. The van der Waals surface area contributed by atoms with Crippen LogP contribution in [0.1, 0.15) is 45.4 Å². The quantitative estimate of drug-likeness (QED) is 0.787. The zero-order valence-corrected chi connectivity index (χ0v) is 11.8. The van der Waals surface area contributed by atoms with E-state index in [4.69, 9.17) is 4.74 Å². The average Bonchev–Trinajstić information content (AvgIpc) is 2.81. The van der Waals surface area contributed by atoms with Gasteiger partial charge in [-0.25, -0.2) is 0 Å². The summed E-state index contributed by atoms with van der Waals surface area (Å²) in [6, 6.07) is 0.480. The van der Waals surface area contributed by atoms with Crippen LogP contribution in [-0.2, 0) is 4.74 Å². The standard InChI is InChI=1S/C14H27N3O/c1-12-10-15-13(17-12)16-11-14(8-9-18-2)6-4-3-5-7-14/h12H,3-11H2,1-2H3,(H2,15,16,17). The lowest BCUT2D eigenvalue weighted by molar-refractivity contribution is 0.105. The first-order chi connectivity index (χ1) is 8.74. The van der Waals surface area contributed by atoms with Crippen LogP contribution < -0.4 is 10.6 Å². The van der Waals surface area contributed by atoms with Gasteiger partial charge >= 0.3 is 0 Å². The number of nitrogens with one attached hydrogen (secondary N) is 2. The first kappa shape index (κ1) is 13.7. The summed E-state index contributed by atoms with van der Waals surface area (Å²) in [7, 11) is 1.80. The van der Waals surface area contributed by atoms with Crippen molar-refractivity contribution in [1.82, 2.24) is 10.6 Å². The number of rotatable bonds is 5. The van der Waals surface area contributed by atoms with Crippen molar-refractivity contribution in [1.29, 1.82) is 0 Å². The summed E-state index contributed by atoms with van der Waals surface area (Å²) in [5.74, 6) is 0.991. The van der Waals surface area contributed by atoms with Crippen molar-refractivity contribution in [3.05, 3.63) is 0 Å². The maximum Gasteiger partial charge on any atom is 0.191 e. The molecule has 0 saturated heterocycles. The number of nitrogens with zero attached hydrogens (tertiary/aromatic N) is 1. The molecule has 0 spiro atoms. The molecular formula is C14H27N3O. The molecule has 1 aliphatic carbocycles. The van der Waals surface area contributed by atoms with Crippen LogP contribution in [0.2, 0.25) is 0 Å². The molecule has 0 aromatic rings. The van der Waals surface area contributed by atoms with Crippen LogP contribution in [0.25, 0.3) is 0 Å². The molecule has 2 aliphatic rings. The number of hydrogen-bond acceptors (Lipinski definition) is 4. The summed E-state index contributed by atoms with van der Waals surface area (Å²) < 4.78 is 5.28. The van der Waals surface area contributed by atoms with Gasteiger partial charge in [0.1, 0.15) is 0 Å². The van der Waals surface area contributed by atoms with Crippen molar-refractivity contribution < 1.29 is 4.74 Å². The molecule has 2 N–H and O–H groups in total. The van der Waals surface area contributed by atoms with Crippen molar-refractivity contribution >= 4 is 5.96 Å². The smallest absolute Gasteiger partial charge is 0.191 e. The van der Waals surface area contributed by atoms with E-state index in [9.17, 15) is 0 Å². The normalized spacial score (nSPS) is 26.6. The molecule has 0 bridgehead atoms. The van der Waals surface area contributed by atoms with Crippen molar-refractivity contribution in [2.75, 3.05) is 26.8 Å². The molecule has 0 radical (unpaired) electrons. The van der Waals surface area contributed by atoms with E-state index in [1.807, 2.05) is 0 Å². The third-order valence-electron chi connectivity index (χ3n) is 4.29. The Bertz CT molecular complexity index is 285. The Hall–Kier alpha value is -0.770. The predicted molar refractivity (Wildman–Crippen MR) is 74.9 cm³/mol. The van der Waals surface area contributed by atoms with Crippen LogP contribution in [0, 0.1) is 5.41 Å². The van der Waals surface area contributed by atoms with E-state index < -0.39 is 0 Å². The second-order valence-electron chi connectivity index (χ2n) is 5.89. The van der Waals surface area contributed by atoms with Crippen LogP contribution in [0.15, 0.2) is 4.99 Å². The monoisotopic (exact) mass is 253 g/mol. The van der Waals surface area contributed by atoms with E-state index in [0.29, 0.717) is 11.5 Å². The second-order valence-corrected chi connectivity index (χ2v) is 5.89. The van der Waals surface area contributed by atoms with Gasteiger partial charge in [-0.3, -0.25) is 4.99 Å². The van der Waals surface area contributed by atoms with Crippen LogP contribution in [0.4, 0.5) is 0 Å². The summed E-state index contributed by atoms with van der Waals surface area (Å²) >= 11 is 0. The van der Waals surface area contributed by atoms with Crippen LogP contribution in [0.5, 0.6) is 0 Å². The molecule has 1 unspecified atom stereocenters. The van der Waals surface area contributed by atoms with E-state index in [2.05, 4.69) is 22.5 Å². The van der Waals surface area contributed by atoms with Gasteiger partial charge in [-0.05, 0) is 31.6 Å². The fourth-order valence-corrected chi connectivity index (χ4v) is 3.07. The zero-order valence-electron chi connectivity index (χ0n) is 11.8. The van der Waals surface area contributed by atoms with E-state index in [-0.39, 0.29) is 0 Å². The lowest BCUT2D eigenvalue weighted by Gasteiger charge is -2.37. The molecule has 1 heterocycles. The van der Waals surface area contributed by atoms with Gasteiger partial charge in [0.05, 0.1) is 6.54 Å². The number of guanidine groups is 1. The summed E-state index contributed by atoms with van der Waals surface area (Å²) in [4.78, 5) is 4.48. The Kier molecular flexibility index (Phi) is 4.87. The molecule has 1 atom stereocenters. The Morgan fingerprint density at radius 2 is 2.17 bits per heavy atom. The highest BCUT2D eigenvalue weighted by atomic mass is 16.5. The Balaban J connectivity index is 1.84. The van der Waals surface area contributed by atoms with Gasteiger partial charge in [-0.2, -0.15) is 0 Å². The Morgan fingerprint density at radius 3 is 2.78 bits per heavy atom. The highest BCUT2D eigenvalue weighted by molar-refractivity contribution is 5.81. The van der Waals surface area contributed by atoms with Gasteiger partial charge in [-0.15, -0.1) is 0 Å². The summed E-state index contributed by atoms with van der Waals surface area (Å²) in [6.07, 6.45) is 7.94. The molecule has 4 heteroatoms. The molecule has 0 amide bonds. The fourth-order valence-electron chi connectivity index (χ4n) is 3.07. The van der Waals surface area contributed by atoms with E-state index >= 15 is 0 Å². The summed E-state index contributed by atoms with van der Waals surface area (Å²) in [6.45, 7) is 4.97. The third-order valence-corrected chi connectivity index (χ3v) is 4.29. The highest BCUT2D eigenvalue weighted by Crippen LogP contribution is 2.38. The summed E-state index contributed by atoms with van der Waals surface area (Å²) in [5, 5.41) is 6.89. The third kappa shape index (κ3) is 3.61. The summed E-state index contributed by atoms with van der Waals surface area (Å²) in [5.41, 5.74) is 0.421.